The van der Waals surface area contributed by atoms with Crippen LogP contribution in [0.5, 0.6) is 0 Å². The molecule has 0 saturated heterocycles. The van der Waals surface area contributed by atoms with Crippen LogP contribution in [0.2, 0.25) is 10.0 Å². The summed E-state index contributed by atoms with van der Waals surface area (Å²) in [5, 5.41) is 2.28. The zero-order chi connectivity index (χ0) is 11.7. The van der Waals surface area contributed by atoms with Gasteiger partial charge in [0.1, 0.15) is 5.82 Å². The summed E-state index contributed by atoms with van der Waals surface area (Å²) in [6.45, 7) is 0. The highest BCUT2D eigenvalue weighted by Gasteiger charge is 2.17. The van der Waals surface area contributed by atoms with Crippen LogP contribution in [0.4, 0.5) is 4.39 Å². The lowest BCUT2D eigenvalue weighted by atomic mass is 10.1. The third kappa shape index (κ3) is 2.12. The van der Waals surface area contributed by atoms with E-state index in [0.29, 0.717) is 9.90 Å². The average molecular weight is 275 g/mol. The van der Waals surface area contributed by atoms with Crippen molar-refractivity contribution in [3.8, 4) is 0 Å². The Bertz CT molecular complexity index is 551. The molecule has 0 aliphatic heterocycles. The number of thiophene rings is 1. The minimum atomic E-state index is -0.637. The SMILES string of the molecule is O=C(c1ccc(Cl)cc1F)c1sccc1Cl. The summed E-state index contributed by atoms with van der Waals surface area (Å²) in [4.78, 5) is 12.2. The van der Waals surface area contributed by atoms with E-state index in [-0.39, 0.29) is 10.6 Å². The fraction of sp³-hybridized carbons (Fsp3) is 0. The van der Waals surface area contributed by atoms with E-state index in [1.165, 1.54) is 23.5 Å². The van der Waals surface area contributed by atoms with E-state index in [1.807, 2.05) is 0 Å². The highest BCUT2D eigenvalue weighted by molar-refractivity contribution is 7.13. The first kappa shape index (κ1) is 11.6. The van der Waals surface area contributed by atoms with Gasteiger partial charge in [0.05, 0.1) is 15.5 Å². The van der Waals surface area contributed by atoms with E-state index >= 15 is 0 Å². The van der Waals surface area contributed by atoms with Crippen LogP contribution >= 0.6 is 34.5 Å². The second-order valence-corrected chi connectivity index (χ2v) is 4.81. The second kappa shape index (κ2) is 4.53. The minimum absolute atomic E-state index is 0.0197. The maximum absolute atomic E-state index is 13.5. The Morgan fingerprint density at radius 2 is 2.00 bits per heavy atom. The van der Waals surface area contributed by atoms with Gasteiger partial charge in [-0.2, -0.15) is 0 Å². The zero-order valence-electron chi connectivity index (χ0n) is 7.84. The molecule has 0 unspecified atom stereocenters. The molecule has 0 bridgehead atoms. The van der Waals surface area contributed by atoms with Crippen molar-refractivity contribution in [2.75, 3.05) is 0 Å². The molecular weight excluding hydrogens is 270 g/mol. The molecule has 0 radical (unpaired) electrons. The summed E-state index contributed by atoms with van der Waals surface area (Å²) in [6.07, 6.45) is 0. The smallest absolute Gasteiger partial charge is 0.207 e. The van der Waals surface area contributed by atoms with Crippen molar-refractivity contribution in [2.24, 2.45) is 0 Å². The van der Waals surface area contributed by atoms with Crippen molar-refractivity contribution in [3.63, 3.8) is 0 Å². The molecular formula is C11H5Cl2FOS. The molecule has 82 valence electrons. The maximum atomic E-state index is 13.5. The quantitative estimate of drug-likeness (QED) is 0.741. The van der Waals surface area contributed by atoms with Gasteiger partial charge in [-0.15, -0.1) is 11.3 Å². The molecule has 0 fully saturated rings. The molecule has 1 aromatic carbocycles. The molecule has 0 spiro atoms. The van der Waals surface area contributed by atoms with Crippen LogP contribution in [-0.4, -0.2) is 5.78 Å². The fourth-order valence-corrected chi connectivity index (χ4v) is 2.51. The van der Waals surface area contributed by atoms with Crippen LogP contribution in [0.1, 0.15) is 15.2 Å². The second-order valence-electron chi connectivity index (χ2n) is 3.05. The van der Waals surface area contributed by atoms with Crippen LogP contribution in [0.15, 0.2) is 29.6 Å². The van der Waals surface area contributed by atoms with Gasteiger partial charge < -0.3 is 0 Å². The molecule has 0 amide bonds. The Morgan fingerprint density at radius 1 is 1.25 bits per heavy atom. The standard InChI is InChI=1S/C11H5Cl2FOS/c12-6-1-2-7(9(14)5-6)10(15)11-8(13)3-4-16-11/h1-5H. The van der Waals surface area contributed by atoms with Gasteiger partial charge in [-0.3, -0.25) is 4.79 Å². The van der Waals surface area contributed by atoms with E-state index in [2.05, 4.69) is 0 Å². The van der Waals surface area contributed by atoms with Crippen molar-refractivity contribution in [2.45, 2.75) is 0 Å². The van der Waals surface area contributed by atoms with Gasteiger partial charge >= 0.3 is 0 Å². The molecule has 2 aromatic rings. The predicted molar refractivity (Wildman–Crippen MR) is 64.2 cm³/mol. The summed E-state index contributed by atoms with van der Waals surface area (Å²) >= 11 is 12.6. The van der Waals surface area contributed by atoms with Gasteiger partial charge in [-0.05, 0) is 29.6 Å². The number of ketones is 1. The molecule has 0 saturated carbocycles. The van der Waals surface area contributed by atoms with Crippen LogP contribution in [0, 0.1) is 5.82 Å². The predicted octanol–water partition coefficient (Wildman–Crippen LogP) is 4.43. The largest absolute Gasteiger partial charge is 0.288 e. The monoisotopic (exact) mass is 274 g/mol. The van der Waals surface area contributed by atoms with Gasteiger partial charge in [0, 0.05) is 5.02 Å². The summed E-state index contributed by atoms with van der Waals surface area (Å²) in [5.41, 5.74) is -0.0197. The minimum Gasteiger partial charge on any atom is -0.288 e. The van der Waals surface area contributed by atoms with Crippen molar-refractivity contribution in [3.05, 3.63) is 55.9 Å². The molecule has 0 aliphatic carbocycles. The molecule has 0 N–H and O–H groups in total. The van der Waals surface area contributed by atoms with Crippen LogP contribution in [0.25, 0.3) is 0 Å². The highest BCUT2D eigenvalue weighted by atomic mass is 35.5. The Hall–Kier alpha value is -0.900. The molecule has 2 rings (SSSR count). The number of rotatable bonds is 2. The van der Waals surface area contributed by atoms with E-state index in [9.17, 15) is 9.18 Å². The number of benzene rings is 1. The topological polar surface area (TPSA) is 17.1 Å². The van der Waals surface area contributed by atoms with Crippen molar-refractivity contribution in [1.29, 1.82) is 0 Å². The molecule has 1 nitrogen and oxygen atoms in total. The lowest BCUT2D eigenvalue weighted by Crippen LogP contribution is -2.02. The van der Waals surface area contributed by atoms with Crippen molar-refractivity contribution >= 4 is 40.3 Å². The van der Waals surface area contributed by atoms with Crippen LogP contribution < -0.4 is 0 Å². The molecule has 1 heterocycles. The molecule has 16 heavy (non-hydrogen) atoms. The number of hydrogen-bond donors (Lipinski definition) is 0. The number of hydrogen-bond acceptors (Lipinski definition) is 2. The Labute approximate surface area is 105 Å². The highest BCUT2D eigenvalue weighted by Crippen LogP contribution is 2.26. The van der Waals surface area contributed by atoms with Crippen LogP contribution in [-0.2, 0) is 0 Å². The van der Waals surface area contributed by atoms with E-state index in [0.717, 1.165) is 6.07 Å². The summed E-state index contributed by atoms with van der Waals surface area (Å²) in [7, 11) is 0. The third-order valence-corrected chi connectivity index (χ3v) is 3.57. The van der Waals surface area contributed by atoms with Gasteiger partial charge in [0.25, 0.3) is 0 Å². The first-order valence-electron chi connectivity index (χ1n) is 4.32. The number of carbonyl (C=O) groups excluding carboxylic acids is 1. The van der Waals surface area contributed by atoms with Gasteiger partial charge in [0.2, 0.25) is 5.78 Å². The molecule has 5 heteroatoms. The van der Waals surface area contributed by atoms with Gasteiger partial charge in [0.15, 0.2) is 0 Å². The molecule has 0 aliphatic rings. The van der Waals surface area contributed by atoms with Gasteiger partial charge in [-0.1, -0.05) is 23.2 Å². The Kier molecular flexibility index (Phi) is 3.28. The van der Waals surface area contributed by atoms with Crippen molar-refractivity contribution in [1.82, 2.24) is 0 Å². The summed E-state index contributed by atoms with van der Waals surface area (Å²) in [5.74, 6) is -1.06. The fourth-order valence-electron chi connectivity index (χ4n) is 1.25. The molecule has 1 aromatic heterocycles. The maximum Gasteiger partial charge on any atom is 0.207 e. The Morgan fingerprint density at radius 3 is 2.56 bits per heavy atom. The zero-order valence-corrected chi connectivity index (χ0v) is 10.2. The first-order valence-corrected chi connectivity index (χ1v) is 5.96. The average Bonchev–Trinajstić information content (AvgIpc) is 2.63. The van der Waals surface area contributed by atoms with E-state index in [1.54, 1.807) is 11.4 Å². The lowest BCUT2D eigenvalue weighted by Gasteiger charge is -2.01. The van der Waals surface area contributed by atoms with Crippen molar-refractivity contribution < 1.29 is 9.18 Å². The van der Waals surface area contributed by atoms with E-state index in [4.69, 9.17) is 23.2 Å². The number of carbonyl (C=O) groups is 1. The summed E-state index contributed by atoms with van der Waals surface area (Å²) in [6, 6.07) is 5.54. The van der Waals surface area contributed by atoms with Gasteiger partial charge in [-0.25, -0.2) is 4.39 Å². The van der Waals surface area contributed by atoms with Crippen LogP contribution in [0.3, 0.4) is 0 Å². The normalized spacial score (nSPS) is 10.4. The first-order chi connectivity index (χ1) is 7.59. The molecule has 0 atom stereocenters. The summed E-state index contributed by atoms with van der Waals surface area (Å²) < 4.78 is 13.5. The third-order valence-electron chi connectivity index (χ3n) is 2.00. The lowest BCUT2D eigenvalue weighted by molar-refractivity contribution is 0.103. The Balaban J connectivity index is 2.46. The number of halogens is 3. The van der Waals surface area contributed by atoms with E-state index < -0.39 is 11.6 Å².